The standard InChI is InChI=1S/C15H24N2O3/c1-3-20-14-5-4-12(10-15(14)18-2)13(11-16)17-6-8-19-9-7-17/h4-5,10,13H,3,6-9,11,16H2,1-2H3/t13-/m1/s1. The van der Waals surface area contributed by atoms with Crippen LogP contribution in [0.1, 0.15) is 18.5 Å². The van der Waals surface area contributed by atoms with E-state index in [2.05, 4.69) is 11.0 Å². The molecule has 1 aliphatic heterocycles. The maximum absolute atomic E-state index is 5.97. The van der Waals surface area contributed by atoms with Crippen LogP contribution in [0.2, 0.25) is 0 Å². The van der Waals surface area contributed by atoms with Crippen molar-refractivity contribution < 1.29 is 14.2 Å². The second-order valence-electron chi connectivity index (χ2n) is 4.74. The Morgan fingerprint density at radius 2 is 2.05 bits per heavy atom. The van der Waals surface area contributed by atoms with E-state index in [1.807, 2.05) is 19.1 Å². The minimum Gasteiger partial charge on any atom is -0.493 e. The van der Waals surface area contributed by atoms with Gasteiger partial charge in [0, 0.05) is 25.7 Å². The summed E-state index contributed by atoms with van der Waals surface area (Å²) in [6.07, 6.45) is 0. The highest BCUT2D eigenvalue weighted by molar-refractivity contribution is 5.44. The van der Waals surface area contributed by atoms with Crippen molar-refractivity contribution in [1.82, 2.24) is 4.90 Å². The van der Waals surface area contributed by atoms with E-state index in [0.29, 0.717) is 13.2 Å². The topological polar surface area (TPSA) is 57.0 Å². The zero-order valence-corrected chi connectivity index (χ0v) is 12.3. The third-order valence-electron chi connectivity index (χ3n) is 3.58. The molecule has 2 rings (SSSR count). The van der Waals surface area contributed by atoms with E-state index in [1.165, 1.54) is 0 Å². The summed E-state index contributed by atoms with van der Waals surface area (Å²) in [6.45, 7) is 6.53. The molecule has 1 aliphatic rings. The molecule has 0 aromatic heterocycles. The molecule has 0 unspecified atom stereocenters. The van der Waals surface area contributed by atoms with Gasteiger partial charge in [0.05, 0.1) is 26.9 Å². The molecule has 1 heterocycles. The molecule has 2 N–H and O–H groups in total. The van der Waals surface area contributed by atoms with Crippen LogP contribution >= 0.6 is 0 Å². The van der Waals surface area contributed by atoms with Gasteiger partial charge in [-0.05, 0) is 24.6 Å². The fraction of sp³-hybridized carbons (Fsp3) is 0.600. The molecular formula is C15H24N2O3. The van der Waals surface area contributed by atoms with Crippen LogP contribution in [-0.4, -0.2) is 51.5 Å². The largest absolute Gasteiger partial charge is 0.493 e. The Bertz CT molecular complexity index is 420. The highest BCUT2D eigenvalue weighted by atomic mass is 16.5. The van der Waals surface area contributed by atoms with Gasteiger partial charge in [0.25, 0.3) is 0 Å². The number of nitrogens with two attached hydrogens (primary N) is 1. The second-order valence-corrected chi connectivity index (χ2v) is 4.74. The first-order valence-electron chi connectivity index (χ1n) is 7.12. The molecule has 1 saturated heterocycles. The zero-order valence-electron chi connectivity index (χ0n) is 12.3. The quantitative estimate of drug-likeness (QED) is 0.854. The first kappa shape index (κ1) is 15.1. The maximum atomic E-state index is 5.97. The first-order valence-corrected chi connectivity index (χ1v) is 7.12. The first-order chi connectivity index (χ1) is 9.80. The zero-order chi connectivity index (χ0) is 14.4. The predicted octanol–water partition coefficient (Wildman–Crippen LogP) is 1.43. The molecule has 0 spiro atoms. The minimum absolute atomic E-state index is 0.198. The summed E-state index contributed by atoms with van der Waals surface area (Å²) >= 11 is 0. The van der Waals surface area contributed by atoms with Crippen molar-refractivity contribution in [2.45, 2.75) is 13.0 Å². The molecule has 0 amide bonds. The van der Waals surface area contributed by atoms with Crippen LogP contribution in [0.5, 0.6) is 11.5 Å². The molecule has 0 radical (unpaired) electrons. The smallest absolute Gasteiger partial charge is 0.161 e. The molecule has 1 aromatic rings. The van der Waals surface area contributed by atoms with Gasteiger partial charge in [0.1, 0.15) is 0 Å². The van der Waals surface area contributed by atoms with E-state index in [9.17, 15) is 0 Å². The number of ether oxygens (including phenoxy) is 3. The van der Waals surface area contributed by atoms with Crippen LogP contribution in [0.25, 0.3) is 0 Å². The Morgan fingerprint density at radius 1 is 1.30 bits per heavy atom. The van der Waals surface area contributed by atoms with Gasteiger partial charge in [-0.3, -0.25) is 4.90 Å². The van der Waals surface area contributed by atoms with Gasteiger partial charge >= 0.3 is 0 Å². The van der Waals surface area contributed by atoms with E-state index < -0.39 is 0 Å². The van der Waals surface area contributed by atoms with Crippen molar-refractivity contribution in [2.75, 3.05) is 46.6 Å². The molecule has 5 heteroatoms. The van der Waals surface area contributed by atoms with Crippen molar-refractivity contribution in [3.63, 3.8) is 0 Å². The Morgan fingerprint density at radius 3 is 2.65 bits per heavy atom. The number of benzene rings is 1. The number of methoxy groups -OCH3 is 1. The lowest BCUT2D eigenvalue weighted by atomic mass is 10.0. The lowest BCUT2D eigenvalue weighted by Crippen LogP contribution is -2.41. The van der Waals surface area contributed by atoms with Gasteiger partial charge in [-0.2, -0.15) is 0 Å². The van der Waals surface area contributed by atoms with Crippen LogP contribution < -0.4 is 15.2 Å². The highest BCUT2D eigenvalue weighted by Crippen LogP contribution is 2.32. The molecule has 20 heavy (non-hydrogen) atoms. The third kappa shape index (κ3) is 3.42. The highest BCUT2D eigenvalue weighted by Gasteiger charge is 2.22. The lowest BCUT2D eigenvalue weighted by Gasteiger charge is -2.34. The Hall–Kier alpha value is -1.30. The van der Waals surface area contributed by atoms with Crippen LogP contribution in [0, 0.1) is 0 Å². The van der Waals surface area contributed by atoms with Crippen LogP contribution in [0.3, 0.4) is 0 Å². The number of hydrogen-bond acceptors (Lipinski definition) is 5. The summed E-state index contributed by atoms with van der Waals surface area (Å²) in [7, 11) is 1.66. The molecule has 0 bridgehead atoms. The molecule has 112 valence electrons. The molecule has 1 fully saturated rings. The fourth-order valence-electron chi connectivity index (χ4n) is 2.55. The lowest BCUT2D eigenvalue weighted by molar-refractivity contribution is 0.0178. The molecular weight excluding hydrogens is 256 g/mol. The van der Waals surface area contributed by atoms with E-state index in [4.69, 9.17) is 19.9 Å². The van der Waals surface area contributed by atoms with Crippen LogP contribution in [0.4, 0.5) is 0 Å². The Balaban J connectivity index is 2.20. The van der Waals surface area contributed by atoms with E-state index in [-0.39, 0.29) is 6.04 Å². The summed E-state index contributed by atoms with van der Waals surface area (Å²) in [4.78, 5) is 2.36. The number of rotatable bonds is 6. The predicted molar refractivity (Wildman–Crippen MR) is 78.4 cm³/mol. The van der Waals surface area contributed by atoms with Crippen molar-refractivity contribution >= 4 is 0 Å². The van der Waals surface area contributed by atoms with Gasteiger partial charge < -0.3 is 19.9 Å². The van der Waals surface area contributed by atoms with E-state index in [0.717, 1.165) is 43.4 Å². The maximum Gasteiger partial charge on any atom is 0.161 e. The van der Waals surface area contributed by atoms with Gasteiger partial charge in [0.15, 0.2) is 11.5 Å². The molecule has 1 atom stereocenters. The van der Waals surface area contributed by atoms with Crippen LogP contribution in [0.15, 0.2) is 18.2 Å². The van der Waals surface area contributed by atoms with Gasteiger partial charge in [-0.15, -0.1) is 0 Å². The summed E-state index contributed by atoms with van der Waals surface area (Å²) in [5.74, 6) is 1.53. The average Bonchev–Trinajstić information content (AvgIpc) is 2.50. The second kappa shape index (κ2) is 7.47. The normalized spacial score (nSPS) is 17.8. The fourth-order valence-corrected chi connectivity index (χ4v) is 2.55. The molecule has 1 aromatic carbocycles. The third-order valence-corrected chi connectivity index (χ3v) is 3.58. The van der Waals surface area contributed by atoms with E-state index >= 15 is 0 Å². The van der Waals surface area contributed by atoms with Crippen LogP contribution in [-0.2, 0) is 4.74 Å². The van der Waals surface area contributed by atoms with Crippen molar-refractivity contribution in [2.24, 2.45) is 5.73 Å². The van der Waals surface area contributed by atoms with Crippen molar-refractivity contribution in [3.05, 3.63) is 23.8 Å². The van der Waals surface area contributed by atoms with Crippen molar-refractivity contribution in [3.8, 4) is 11.5 Å². The Labute approximate surface area is 120 Å². The minimum atomic E-state index is 0.198. The van der Waals surface area contributed by atoms with E-state index in [1.54, 1.807) is 7.11 Å². The Kier molecular flexibility index (Phi) is 5.64. The number of nitrogens with zero attached hydrogens (tertiary/aromatic N) is 1. The summed E-state index contributed by atoms with van der Waals surface area (Å²) in [6, 6.07) is 6.25. The summed E-state index contributed by atoms with van der Waals surface area (Å²) in [5.41, 5.74) is 7.13. The SMILES string of the molecule is CCOc1ccc([C@@H](CN)N2CCOCC2)cc1OC. The van der Waals surface area contributed by atoms with Gasteiger partial charge in [-0.25, -0.2) is 0 Å². The van der Waals surface area contributed by atoms with Gasteiger partial charge in [-0.1, -0.05) is 6.07 Å². The monoisotopic (exact) mass is 280 g/mol. The molecule has 0 aliphatic carbocycles. The molecule has 0 saturated carbocycles. The average molecular weight is 280 g/mol. The van der Waals surface area contributed by atoms with Gasteiger partial charge in [0.2, 0.25) is 0 Å². The summed E-state index contributed by atoms with van der Waals surface area (Å²) in [5, 5.41) is 0. The number of morpholine rings is 1. The number of hydrogen-bond donors (Lipinski definition) is 1. The summed E-state index contributed by atoms with van der Waals surface area (Å²) < 4.78 is 16.4. The molecule has 5 nitrogen and oxygen atoms in total. The van der Waals surface area contributed by atoms with Crippen molar-refractivity contribution in [1.29, 1.82) is 0 Å².